The number of nitrogens with one attached hydrogen (secondary N) is 1. The Hall–Kier alpha value is -2.87. The van der Waals surface area contributed by atoms with Gasteiger partial charge in [-0.2, -0.15) is 5.26 Å². The van der Waals surface area contributed by atoms with Crippen LogP contribution in [0.15, 0.2) is 42.5 Å². The molecule has 0 bridgehead atoms. The monoisotopic (exact) mass is 269 g/mol. The molecule has 1 amide bonds. The molecule has 0 unspecified atom stereocenters. The van der Waals surface area contributed by atoms with Crippen LogP contribution in [0.4, 0.5) is 10.1 Å². The number of primary amides is 1. The van der Waals surface area contributed by atoms with Gasteiger partial charge in [0.1, 0.15) is 5.82 Å². The average molecular weight is 269 g/mol. The molecule has 0 aliphatic carbocycles. The SMILES string of the molecule is N#Cc1cccc(NCc2cc(C(N)=O)ccc2F)c1. The van der Waals surface area contributed by atoms with Gasteiger partial charge in [0.15, 0.2) is 0 Å². The molecule has 0 spiro atoms. The third-order valence-corrected chi connectivity index (χ3v) is 2.80. The van der Waals surface area contributed by atoms with E-state index in [0.717, 1.165) is 0 Å². The van der Waals surface area contributed by atoms with Gasteiger partial charge in [0.2, 0.25) is 5.91 Å². The molecule has 2 aromatic rings. The molecule has 0 heterocycles. The molecule has 0 aliphatic heterocycles. The first-order valence-corrected chi connectivity index (χ1v) is 5.92. The van der Waals surface area contributed by atoms with Crippen molar-refractivity contribution in [3.05, 3.63) is 65.0 Å². The van der Waals surface area contributed by atoms with Crippen LogP contribution in [-0.2, 0) is 6.54 Å². The second-order valence-electron chi connectivity index (χ2n) is 4.22. The molecule has 0 atom stereocenters. The topological polar surface area (TPSA) is 78.9 Å². The summed E-state index contributed by atoms with van der Waals surface area (Å²) < 4.78 is 13.6. The Bertz CT molecular complexity index is 692. The van der Waals surface area contributed by atoms with Gasteiger partial charge in [-0.25, -0.2) is 4.39 Å². The predicted octanol–water partition coefficient (Wildman–Crippen LogP) is 2.41. The van der Waals surface area contributed by atoms with Crippen molar-refractivity contribution in [3.8, 4) is 6.07 Å². The van der Waals surface area contributed by atoms with E-state index >= 15 is 0 Å². The van der Waals surface area contributed by atoms with Crippen LogP contribution in [0.5, 0.6) is 0 Å². The van der Waals surface area contributed by atoms with Gasteiger partial charge in [0.25, 0.3) is 0 Å². The highest BCUT2D eigenvalue weighted by Gasteiger charge is 2.07. The number of nitrogens with zero attached hydrogens (tertiary/aromatic N) is 1. The zero-order chi connectivity index (χ0) is 14.5. The number of benzene rings is 2. The molecule has 20 heavy (non-hydrogen) atoms. The second kappa shape index (κ2) is 5.85. The fourth-order valence-electron chi connectivity index (χ4n) is 1.76. The Balaban J connectivity index is 2.16. The Labute approximate surface area is 115 Å². The number of carbonyl (C=O) groups excluding carboxylic acids is 1. The van der Waals surface area contributed by atoms with E-state index in [9.17, 15) is 9.18 Å². The second-order valence-corrected chi connectivity index (χ2v) is 4.22. The third-order valence-electron chi connectivity index (χ3n) is 2.80. The minimum atomic E-state index is -0.599. The maximum atomic E-state index is 13.6. The van der Waals surface area contributed by atoms with Crippen LogP contribution in [0, 0.1) is 17.1 Å². The number of hydrogen-bond acceptors (Lipinski definition) is 3. The van der Waals surface area contributed by atoms with Crippen LogP contribution in [-0.4, -0.2) is 5.91 Å². The van der Waals surface area contributed by atoms with Gasteiger partial charge in [0, 0.05) is 23.4 Å². The van der Waals surface area contributed by atoms with Crippen molar-refractivity contribution in [2.24, 2.45) is 5.73 Å². The summed E-state index contributed by atoms with van der Waals surface area (Å²) in [5, 5.41) is 11.8. The lowest BCUT2D eigenvalue weighted by atomic mass is 10.1. The molecule has 5 heteroatoms. The molecule has 100 valence electrons. The summed E-state index contributed by atoms with van der Waals surface area (Å²) in [6.45, 7) is 0.196. The van der Waals surface area contributed by atoms with Gasteiger partial charge < -0.3 is 11.1 Å². The lowest BCUT2D eigenvalue weighted by molar-refractivity contribution is 0.1000. The first-order chi connectivity index (χ1) is 9.60. The fraction of sp³-hybridized carbons (Fsp3) is 0.0667. The molecule has 0 radical (unpaired) electrons. The maximum Gasteiger partial charge on any atom is 0.248 e. The van der Waals surface area contributed by atoms with E-state index in [1.807, 2.05) is 6.07 Å². The number of amides is 1. The Morgan fingerprint density at radius 3 is 2.80 bits per heavy atom. The molecule has 4 nitrogen and oxygen atoms in total. The Morgan fingerprint density at radius 2 is 2.10 bits per heavy atom. The summed E-state index contributed by atoms with van der Waals surface area (Å²) in [6.07, 6.45) is 0. The van der Waals surface area contributed by atoms with Crippen LogP contribution in [0.25, 0.3) is 0 Å². The van der Waals surface area contributed by atoms with Gasteiger partial charge in [-0.1, -0.05) is 6.07 Å². The van der Waals surface area contributed by atoms with E-state index < -0.39 is 11.7 Å². The molecule has 0 fully saturated rings. The van der Waals surface area contributed by atoms with Crippen molar-refractivity contribution in [2.75, 3.05) is 5.32 Å². The zero-order valence-electron chi connectivity index (χ0n) is 10.6. The van der Waals surface area contributed by atoms with Crippen molar-refractivity contribution < 1.29 is 9.18 Å². The minimum Gasteiger partial charge on any atom is -0.381 e. The lowest BCUT2D eigenvalue weighted by Crippen LogP contribution is -2.12. The molecular formula is C15H12FN3O. The van der Waals surface area contributed by atoms with E-state index in [0.29, 0.717) is 16.8 Å². The fourth-order valence-corrected chi connectivity index (χ4v) is 1.76. The number of halogens is 1. The van der Waals surface area contributed by atoms with Crippen molar-refractivity contribution in [2.45, 2.75) is 6.54 Å². The smallest absolute Gasteiger partial charge is 0.248 e. The quantitative estimate of drug-likeness (QED) is 0.894. The summed E-state index contributed by atoms with van der Waals surface area (Å²) >= 11 is 0. The number of hydrogen-bond donors (Lipinski definition) is 2. The van der Waals surface area contributed by atoms with Crippen molar-refractivity contribution in [1.29, 1.82) is 5.26 Å². The number of rotatable bonds is 4. The Morgan fingerprint density at radius 1 is 1.30 bits per heavy atom. The van der Waals surface area contributed by atoms with Gasteiger partial charge in [-0.3, -0.25) is 4.79 Å². The van der Waals surface area contributed by atoms with E-state index in [1.165, 1.54) is 18.2 Å². The normalized spacial score (nSPS) is 9.80. The van der Waals surface area contributed by atoms with Crippen LogP contribution >= 0.6 is 0 Å². The van der Waals surface area contributed by atoms with Crippen molar-refractivity contribution in [1.82, 2.24) is 0 Å². The summed E-state index contributed by atoms with van der Waals surface area (Å²) in [7, 11) is 0. The van der Waals surface area contributed by atoms with Crippen LogP contribution in [0.1, 0.15) is 21.5 Å². The van der Waals surface area contributed by atoms with Gasteiger partial charge in [-0.15, -0.1) is 0 Å². The summed E-state index contributed by atoms with van der Waals surface area (Å²) in [5.74, 6) is -1.02. The molecule has 0 aliphatic rings. The number of carbonyl (C=O) groups is 1. The maximum absolute atomic E-state index is 13.6. The van der Waals surface area contributed by atoms with Gasteiger partial charge >= 0.3 is 0 Å². The highest BCUT2D eigenvalue weighted by atomic mass is 19.1. The largest absolute Gasteiger partial charge is 0.381 e. The molecule has 0 saturated heterocycles. The number of anilines is 1. The van der Waals surface area contributed by atoms with Gasteiger partial charge in [-0.05, 0) is 36.4 Å². The van der Waals surface area contributed by atoms with Crippen LogP contribution in [0.3, 0.4) is 0 Å². The van der Waals surface area contributed by atoms with Crippen molar-refractivity contribution >= 4 is 11.6 Å². The number of nitriles is 1. The van der Waals surface area contributed by atoms with Crippen LogP contribution < -0.4 is 11.1 Å². The van der Waals surface area contributed by atoms with Crippen molar-refractivity contribution in [3.63, 3.8) is 0 Å². The molecular weight excluding hydrogens is 257 g/mol. The summed E-state index contributed by atoms with van der Waals surface area (Å²) in [6, 6.07) is 12.8. The third kappa shape index (κ3) is 3.12. The predicted molar refractivity (Wildman–Crippen MR) is 73.4 cm³/mol. The summed E-state index contributed by atoms with van der Waals surface area (Å²) in [4.78, 5) is 11.1. The zero-order valence-corrected chi connectivity index (χ0v) is 10.6. The standard InChI is InChI=1S/C15H12FN3O/c16-14-5-4-11(15(18)20)7-12(14)9-19-13-3-1-2-10(6-13)8-17/h1-7,19H,9H2,(H2,18,20). The molecule has 2 rings (SSSR count). The Kier molecular flexibility index (Phi) is 3.96. The van der Waals surface area contributed by atoms with Gasteiger partial charge in [0.05, 0.1) is 11.6 Å². The molecule has 0 aromatic heterocycles. The van der Waals surface area contributed by atoms with E-state index in [-0.39, 0.29) is 12.1 Å². The average Bonchev–Trinajstić information content (AvgIpc) is 2.46. The van der Waals surface area contributed by atoms with E-state index in [4.69, 9.17) is 11.0 Å². The lowest BCUT2D eigenvalue weighted by Gasteiger charge is -2.08. The first-order valence-electron chi connectivity index (χ1n) is 5.92. The first kappa shape index (κ1) is 13.6. The number of nitrogens with two attached hydrogens (primary N) is 1. The highest BCUT2D eigenvalue weighted by Crippen LogP contribution is 2.15. The van der Waals surface area contributed by atoms with Crippen LogP contribution in [0.2, 0.25) is 0 Å². The minimum absolute atomic E-state index is 0.196. The van der Waals surface area contributed by atoms with E-state index in [1.54, 1.807) is 24.3 Å². The van der Waals surface area contributed by atoms with E-state index in [2.05, 4.69) is 5.32 Å². The molecule has 0 saturated carbocycles. The highest BCUT2D eigenvalue weighted by molar-refractivity contribution is 5.92. The molecule has 2 aromatic carbocycles. The molecule has 3 N–H and O–H groups in total. The summed E-state index contributed by atoms with van der Waals surface area (Å²) in [5.41, 5.74) is 6.97.